The molecule has 3 aromatic rings. The molecule has 1 fully saturated rings. The number of rotatable bonds is 8. The third-order valence-corrected chi connectivity index (χ3v) is 7.84. The number of aromatic nitrogens is 2. The lowest BCUT2D eigenvalue weighted by atomic mass is 9.84. The first-order valence-electron chi connectivity index (χ1n) is 13.7. The fraction of sp³-hybridized carbons (Fsp3) is 0.484. The van der Waals surface area contributed by atoms with Gasteiger partial charge in [-0.25, -0.2) is 9.78 Å². The summed E-state index contributed by atoms with van der Waals surface area (Å²) in [6, 6.07) is 14.8. The Labute approximate surface area is 230 Å². The van der Waals surface area contributed by atoms with E-state index in [1.807, 2.05) is 24.8 Å². The van der Waals surface area contributed by atoms with Gasteiger partial charge in [0.25, 0.3) is 0 Å². The van der Waals surface area contributed by atoms with Crippen LogP contribution in [0, 0.1) is 23.2 Å². The van der Waals surface area contributed by atoms with Crippen LogP contribution in [0.1, 0.15) is 75.6 Å². The van der Waals surface area contributed by atoms with Crippen LogP contribution in [0.15, 0.2) is 36.4 Å². The van der Waals surface area contributed by atoms with Crippen molar-refractivity contribution in [2.45, 2.75) is 66.2 Å². The van der Waals surface area contributed by atoms with Crippen LogP contribution in [0.25, 0.3) is 22.0 Å². The number of ether oxygens (including phenoxy) is 1. The molecule has 1 amide bonds. The highest BCUT2D eigenvalue weighted by Gasteiger charge is 2.27. The Morgan fingerprint density at radius 2 is 1.92 bits per heavy atom. The van der Waals surface area contributed by atoms with Gasteiger partial charge in [-0.1, -0.05) is 65.0 Å². The molecule has 1 saturated heterocycles. The average molecular weight is 531 g/mol. The van der Waals surface area contributed by atoms with Crippen LogP contribution in [0.4, 0.5) is 4.79 Å². The summed E-state index contributed by atoms with van der Waals surface area (Å²) in [6.07, 6.45) is 3.41. The van der Waals surface area contributed by atoms with E-state index in [0.717, 1.165) is 53.2 Å². The zero-order valence-corrected chi connectivity index (χ0v) is 24.0. The molecule has 0 saturated carbocycles. The molecule has 0 unspecified atom stereocenters. The Morgan fingerprint density at radius 3 is 2.58 bits per heavy atom. The van der Waals surface area contributed by atoms with E-state index in [4.69, 9.17) is 14.1 Å². The van der Waals surface area contributed by atoms with E-state index in [-0.39, 0.29) is 6.09 Å². The Balaban J connectivity index is 1.53. The van der Waals surface area contributed by atoms with Crippen LogP contribution in [0.3, 0.4) is 0 Å². The molecule has 200 valence electrons. The summed E-state index contributed by atoms with van der Waals surface area (Å²) in [6.45, 7) is 12.5. The summed E-state index contributed by atoms with van der Waals surface area (Å²) in [7, 11) is 0. The first-order valence-corrected chi connectivity index (χ1v) is 14.5. The van der Waals surface area contributed by atoms with Crippen molar-refractivity contribution in [1.82, 2.24) is 14.3 Å². The van der Waals surface area contributed by atoms with E-state index in [0.29, 0.717) is 43.0 Å². The third-order valence-electron chi connectivity index (χ3n) is 7.07. The minimum atomic E-state index is -0.197. The van der Waals surface area contributed by atoms with Gasteiger partial charge in [0.1, 0.15) is 5.01 Å². The highest BCUT2D eigenvalue weighted by Crippen LogP contribution is 2.36. The van der Waals surface area contributed by atoms with E-state index < -0.39 is 0 Å². The average Bonchev–Trinajstić information content (AvgIpc) is 3.41. The Morgan fingerprint density at radius 1 is 1.16 bits per heavy atom. The predicted molar refractivity (Wildman–Crippen MR) is 153 cm³/mol. The minimum absolute atomic E-state index is 0.197. The SMILES string of the molecule is CCc1c(-c2nsc(-c3ccc(CC(C)C)c(C#N)c3)n2)cccc1C1CCN(C(=O)OCC(C)C)CC1. The Kier molecular flexibility index (Phi) is 9.17. The Hall–Kier alpha value is -3.24. The van der Waals surface area contributed by atoms with Gasteiger partial charge < -0.3 is 9.64 Å². The van der Waals surface area contributed by atoms with Gasteiger partial charge in [0.05, 0.1) is 18.2 Å². The van der Waals surface area contributed by atoms with Crippen LogP contribution in [-0.2, 0) is 17.6 Å². The molecule has 1 aromatic heterocycles. The molecular formula is C31H38N4O2S. The maximum atomic E-state index is 12.4. The fourth-order valence-electron chi connectivity index (χ4n) is 5.18. The number of amides is 1. The number of carbonyl (C=O) groups is 1. The van der Waals surface area contributed by atoms with Crippen LogP contribution in [0.5, 0.6) is 0 Å². The van der Waals surface area contributed by atoms with E-state index in [1.54, 1.807) is 0 Å². The summed E-state index contributed by atoms with van der Waals surface area (Å²) in [5.41, 5.74) is 6.41. The molecular weight excluding hydrogens is 492 g/mol. The first kappa shape index (κ1) is 27.8. The van der Waals surface area contributed by atoms with Crippen molar-refractivity contribution in [1.29, 1.82) is 5.26 Å². The van der Waals surface area contributed by atoms with Crippen LogP contribution in [0.2, 0.25) is 0 Å². The van der Waals surface area contributed by atoms with Crippen LogP contribution in [-0.4, -0.2) is 40.0 Å². The highest BCUT2D eigenvalue weighted by atomic mass is 32.1. The van der Waals surface area contributed by atoms with Crippen LogP contribution < -0.4 is 0 Å². The number of carbonyl (C=O) groups excluding carboxylic acids is 1. The maximum absolute atomic E-state index is 12.4. The quantitative estimate of drug-likeness (QED) is 0.302. The molecule has 6 nitrogen and oxygen atoms in total. The topological polar surface area (TPSA) is 79.1 Å². The molecule has 0 spiro atoms. The largest absolute Gasteiger partial charge is 0.449 e. The van der Waals surface area contributed by atoms with Gasteiger partial charge in [-0.05, 0) is 77.7 Å². The van der Waals surface area contributed by atoms with Gasteiger partial charge in [-0.15, -0.1) is 0 Å². The van der Waals surface area contributed by atoms with Crippen molar-refractivity contribution < 1.29 is 9.53 Å². The van der Waals surface area contributed by atoms with Gasteiger partial charge in [-0.3, -0.25) is 0 Å². The number of hydrogen-bond acceptors (Lipinski definition) is 6. The molecule has 1 aliphatic heterocycles. The van der Waals surface area contributed by atoms with Crippen molar-refractivity contribution in [2.75, 3.05) is 19.7 Å². The molecule has 0 radical (unpaired) electrons. The van der Waals surface area contributed by atoms with Gasteiger partial charge >= 0.3 is 6.09 Å². The maximum Gasteiger partial charge on any atom is 0.409 e. The number of benzene rings is 2. The summed E-state index contributed by atoms with van der Waals surface area (Å²) < 4.78 is 10.2. The second-order valence-corrected chi connectivity index (χ2v) is 11.7. The summed E-state index contributed by atoms with van der Waals surface area (Å²) >= 11 is 1.38. The molecule has 2 heterocycles. The minimum Gasteiger partial charge on any atom is -0.449 e. The smallest absolute Gasteiger partial charge is 0.409 e. The normalized spacial score (nSPS) is 14.2. The lowest BCUT2D eigenvalue weighted by Crippen LogP contribution is -2.38. The molecule has 2 aromatic carbocycles. The van der Waals surface area contributed by atoms with Crippen molar-refractivity contribution in [3.05, 3.63) is 58.7 Å². The predicted octanol–water partition coefficient (Wildman–Crippen LogP) is 7.48. The number of nitrogens with zero attached hydrogens (tertiary/aromatic N) is 4. The summed E-state index contributed by atoms with van der Waals surface area (Å²) in [5.74, 6) is 1.96. The first-order chi connectivity index (χ1) is 18.3. The van der Waals surface area contributed by atoms with E-state index in [1.165, 1.54) is 22.7 Å². The molecule has 4 rings (SSSR count). The van der Waals surface area contributed by atoms with Crippen molar-refractivity contribution in [2.24, 2.45) is 11.8 Å². The monoisotopic (exact) mass is 530 g/mol. The van der Waals surface area contributed by atoms with Crippen molar-refractivity contribution in [3.63, 3.8) is 0 Å². The van der Waals surface area contributed by atoms with Crippen molar-refractivity contribution in [3.8, 4) is 28.0 Å². The number of hydrogen-bond donors (Lipinski definition) is 0. The third kappa shape index (κ3) is 6.42. The lowest BCUT2D eigenvalue weighted by Gasteiger charge is -2.32. The van der Waals surface area contributed by atoms with Gasteiger partial charge in [-0.2, -0.15) is 9.64 Å². The summed E-state index contributed by atoms with van der Waals surface area (Å²) in [5, 5.41) is 10.5. The van der Waals surface area contributed by atoms with Crippen molar-refractivity contribution >= 4 is 17.6 Å². The zero-order chi connectivity index (χ0) is 27.2. The standard InChI is InChI=1S/C31H38N4O2S/c1-6-26-27(22-12-14-35(15-13-22)31(36)37-19-21(4)5)8-7-9-28(26)29-33-30(38-34-29)24-11-10-23(16-20(2)3)25(17-24)18-32/h7-11,17,20-22H,6,12-16,19H2,1-5H3. The molecule has 0 aliphatic carbocycles. The zero-order valence-electron chi connectivity index (χ0n) is 23.2. The molecule has 1 aliphatic rings. The van der Waals surface area contributed by atoms with Gasteiger partial charge in [0, 0.05) is 24.2 Å². The molecule has 0 bridgehead atoms. The molecule has 0 N–H and O–H groups in total. The van der Waals surface area contributed by atoms with E-state index in [2.05, 4.69) is 57.2 Å². The molecule has 0 atom stereocenters. The van der Waals surface area contributed by atoms with Gasteiger partial charge in [0.15, 0.2) is 5.82 Å². The molecule has 7 heteroatoms. The fourth-order valence-corrected chi connectivity index (χ4v) is 5.85. The molecule has 38 heavy (non-hydrogen) atoms. The Bertz CT molecular complexity index is 1300. The van der Waals surface area contributed by atoms with Gasteiger partial charge in [0.2, 0.25) is 0 Å². The second-order valence-electron chi connectivity index (χ2n) is 11.0. The van der Waals surface area contributed by atoms with Crippen LogP contribution >= 0.6 is 11.5 Å². The number of piperidine rings is 1. The van der Waals surface area contributed by atoms with E-state index >= 15 is 0 Å². The number of nitriles is 1. The lowest BCUT2D eigenvalue weighted by molar-refractivity contribution is 0.0834. The second kappa shape index (κ2) is 12.5. The highest BCUT2D eigenvalue weighted by molar-refractivity contribution is 7.09. The number of likely N-dealkylation sites (tertiary alicyclic amines) is 1. The van der Waals surface area contributed by atoms with E-state index in [9.17, 15) is 10.1 Å². The summed E-state index contributed by atoms with van der Waals surface area (Å²) in [4.78, 5) is 19.2.